The normalized spacial score (nSPS) is 20.7. The highest BCUT2D eigenvalue weighted by Crippen LogP contribution is 2.53. The zero-order valence-corrected chi connectivity index (χ0v) is 74.4. The van der Waals surface area contributed by atoms with Crippen molar-refractivity contribution < 1.29 is 84.4 Å². The molecule has 0 radical (unpaired) electrons. The number of nitrogens with zero attached hydrogens (tertiary/aromatic N) is 5. The summed E-state index contributed by atoms with van der Waals surface area (Å²) < 4.78 is 112. The molecule has 5 aromatic heterocycles. The lowest BCUT2D eigenvalue weighted by Gasteiger charge is -2.30. The molecule has 2 aliphatic carbocycles. The van der Waals surface area contributed by atoms with Crippen molar-refractivity contribution >= 4 is 58.7 Å². The molecule has 2 saturated carbocycles. The maximum Gasteiger partial charge on any atom is 0.408 e. The largest absolute Gasteiger partial charge is 0.489 e. The molecule has 664 valence electrons. The number of fused-ring (bicyclic) bond motifs is 5. The number of alkyl carbamates (subject to hydrolysis) is 3. The Morgan fingerprint density at radius 1 is 0.421 bits per heavy atom. The zero-order valence-electron chi connectivity index (χ0n) is 72.2. The van der Waals surface area contributed by atoms with Crippen LogP contribution in [0.5, 0.6) is 28.7 Å². The summed E-state index contributed by atoms with van der Waals surface area (Å²) >= 11 is 18.3. The van der Waals surface area contributed by atoms with Gasteiger partial charge in [0.2, 0.25) is 0 Å². The van der Waals surface area contributed by atoms with E-state index in [4.69, 9.17) is 89.1 Å². The number of rotatable bonds is 13. The number of aromatic nitrogens is 5. The number of halogens is 8. The summed E-state index contributed by atoms with van der Waals surface area (Å²) in [4.78, 5) is 59.6. The van der Waals surface area contributed by atoms with Gasteiger partial charge >= 0.3 is 18.3 Å². The molecule has 126 heavy (non-hydrogen) atoms. The van der Waals surface area contributed by atoms with Crippen LogP contribution in [0, 0.1) is 40.9 Å². The molecule has 17 rings (SSSR count). The first-order chi connectivity index (χ1) is 59.0. The molecule has 3 amide bonds. The second-order valence-corrected chi connectivity index (χ2v) is 37.5. The number of hydrogen-bond donors (Lipinski definition) is 7. The first kappa shape index (κ1) is 92.4. The quantitative estimate of drug-likeness (QED) is 0.0320. The molecule has 5 aliphatic heterocycles. The molecule has 0 saturated heterocycles. The van der Waals surface area contributed by atoms with Crippen LogP contribution in [0.1, 0.15) is 162 Å². The van der Waals surface area contributed by atoms with Crippen LogP contribution in [0.25, 0.3) is 61.9 Å². The van der Waals surface area contributed by atoms with Crippen molar-refractivity contribution in [3.63, 3.8) is 0 Å². The molecule has 2 fully saturated rings. The molecule has 10 aromatic rings. The molecular formula is C95H100Cl3F5N10O13. The highest BCUT2D eigenvalue weighted by molar-refractivity contribution is 6.30. The number of hydrogen-bond acceptors (Lipinski definition) is 20. The second kappa shape index (κ2) is 35.5. The van der Waals surface area contributed by atoms with Crippen LogP contribution in [0.3, 0.4) is 0 Å². The number of carbonyl (C=O) groups excluding carboxylic acids is 3. The van der Waals surface area contributed by atoms with Crippen molar-refractivity contribution in [1.29, 1.82) is 0 Å². The number of aliphatic hydroxyl groups is 2. The van der Waals surface area contributed by atoms with Gasteiger partial charge in [-0.3, -0.25) is 0 Å². The lowest BCUT2D eigenvalue weighted by atomic mass is 9.87. The maximum absolute atomic E-state index is 13.5. The lowest BCUT2D eigenvalue weighted by molar-refractivity contribution is -0.0418. The summed E-state index contributed by atoms with van der Waals surface area (Å²) in [6.45, 7) is 30.6. The molecule has 1 unspecified atom stereocenters. The number of amides is 3. The van der Waals surface area contributed by atoms with Crippen LogP contribution >= 0.6 is 34.8 Å². The van der Waals surface area contributed by atoms with Crippen molar-refractivity contribution in [2.75, 3.05) is 39.6 Å². The Balaban J connectivity index is 0.000000137. The SMILES string of the molecule is C=C(c1cc2c(c(-c3ccc(F)cc3)n1)OC[C@]2(C)NC(=O)OC(C)(C)C)C1CC1.CC(C)(C)OC(=O)N[C@@]1(C)COc2c1cc(Cl)nc2-c1ccc(F)cc1.CC(C)(C)OC(=O)N[C@@]1(C)COc2c1cc([C@@](O)(CO)C1CC1)nc2-c1ccc(F)cc1.CC1(N)COc2c1cc(Cl)nc2-c1ccc(F)cc1.C[C@]1(N)COc2c1cc(Cl)nc2-c1ccc(F)cc1. The Kier molecular flexibility index (Phi) is 26.1. The van der Waals surface area contributed by atoms with Gasteiger partial charge in [0.25, 0.3) is 0 Å². The summed E-state index contributed by atoms with van der Waals surface area (Å²) in [6.07, 6.45) is 2.12. The van der Waals surface area contributed by atoms with E-state index in [0.717, 1.165) is 70.3 Å². The van der Waals surface area contributed by atoms with E-state index in [-0.39, 0.29) is 60.0 Å². The van der Waals surface area contributed by atoms with E-state index in [2.05, 4.69) is 42.5 Å². The fourth-order valence-electron chi connectivity index (χ4n) is 14.8. The van der Waals surface area contributed by atoms with Gasteiger partial charge in [0.15, 0.2) is 28.7 Å². The summed E-state index contributed by atoms with van der Waals surface area (Å²) in [5.41, 5.74) is 17.3. The lowest BCUT2D eigenvalue weighted by Crippen LogP contribution is -2.47. The number of nitrogens with two attached hydrogens (primary N) is 2. The van der Waals surface area contributed by atoms with Gasteiger partial charge in [0.05, 0.1) is 29.1 Å². The van der Waals surface area contributed by atoms with Gasteiger partial charge < -0.3 is 75.5 Å². The van der Waals surface area contributed by atoms with Gasteiger partial charge in [-0.05, 0) is 292 Å². The first-order valence-corrected chi connectivity index (χ1v) is 42.0. The number of aliphatic hydroxyl groups excluding tert-OH is 1. The number of ether oxygens (including phenoxy) is 8. The topological polar surface area (TPSA) is 318 Å². The van der Waals surface area contributed by atoms with Gasteiger partial charge in [-0.1, -0.05) is 41.4 Å². The van der Waals surface area contributed by atoms with E-state index in [1.165, 1.54) is 60.7 Å². The number of pyridine rings is 5. The number of carbonyl (C=O) groups is 3. The number of nitrogens with one attached hydrogen (secondary N) is 3. The van der Waals surface area contributed by atoms with Crippen LogP contribution in [0.15, 0.2) is 158 Å². The van der Waals surface area contributed by atoms with Crippen molar-refractivity contribution in [1.82, 2.24) is 40.9 Å². The third kappa shape index (κ3) is 21.2. The second-order valence-electron chi connectivity index (χ2n) is 36.3. The van der Waals surface area contributed by atoms with Gasteiger partial charge in [-0.2, -0.15) is 0 Å². The van der Waals surface area contributed by atoms with Crippen molar-refractivity contribution in [2.24, 2.45) is 23.3 Å². The van der Waals surface area contributed by atoms with E-state index in [0.29, 0.717) is 115 Å². The van der Waals surface area contributed by atoms with E-state index < -0.39 is 75.0 Å². The van der Waals surface area contributed by atoms with Crippen molar-refractivity contribution in [2.45, 2.75) is 173 Å². The standard InChI is InChI=1S/C24H29FN2O5.C24H27FN2O3.C19H20ClFN2O3.2C14H12ClFN2O/c1-22(2,3)32-21(29)27-23(4)13-31-20-17(23)11-18(24(30,12-28)15-7-8-15)26-19(20)14-5-9-16(25)10-6-14;1-14(15-6-7-15)19-12-18-21(20(26-19)16-8-10-17(25)11-9-16)29-13-24(18,5)27-22(28)30-23(2,3)4;1-18(2,3)26-17(24)23-19(4)10-25-16-13(19)9-14(20)22-15(16)11-5-7-12(21)8-6-11;2*1-14(17)7-19-13-10(14)6-11(15)18-12(13)8-2-4-9(16)5-3-8/h5-6,9-11,15,28,30H,7-8,12-13H2,1-4H3,(H,27,29);8-12,15H,1,6-7,13H2,2-5H3,(H,27,28);5-9H,10H2,1-4H3,(H,23,24);2*2-6H,7,17H2,1H3/t23-,24+;24-;19-;14-;/m0000./s1. The summed E-state index contributed by atoms with van der Waals surface area (Å²) in [6, 6.07) is 38.7. The predicted octanol–water partition coefficient (Wildman–Crippen LogP) is 19.9. The molecule has 23 nitrogen and oxygen atoms in total. The zero-order chi connectivity index (χ0) is 91.3. The maximum atomic E-state index is 13.5. The predicted molar refractivity (Wildman–Crippen MR) is 469 cm³/mol. The molecule has 0 bridgehead atoms. The van der Waals surface area contributed by atoms with Crippen molar-refractivity contribution in [3.05, 3.63) is 242 Å². The molecular weight excluding hydrogens is 1690 g/mol. The van der Waals surface area contributed by atoms with E-state index in [1.54, 1.807) is 133 Å². The van der Waals surface area contributed by atoms with Gasteiger partial charge in [0, 0.05) is 55.6 Å². The fraction of sp³-hybridized carbons (Fsp3) is 0.368. The summed E-state index contributed by atoms with van der Waals surface area (Å²) in [5.74, 6) is 1.48. The van der Waals surface area contributed by atoms with Crippen LogP contribution in [-0.4, -0.2) is 110 Å². The molecule has 6 atom stereocenters. The van der Waals surface area contributed by atoms with Gasteiger partial charge in [0.1, 0.15) is 145 Å². The van der Waals surface area contributed by atoms with Crippen LogP contribution in [-0.2, 0) is 47.5 Å². The first-order valence-electron chi connectivity index (χ1n) is 40.8. The Labute approximate surface area is 742 Å². The average Bonchev–Trinajstić information content (AvgIpc) is 1.56. The minimum atomic E-state index is -1.51. The fourth-order valence-corrected chi connectivity index (χ4v) is 15.4. The van der Waals surface area contributed by atoms with Crippen LogP contribution < -0.4 is 51.1 Å². The minimum Gasteiger partial charge on any atom is -0.489 e. The van der Waals surface area contributed by atoms with E-state index in [1.807, 2.05) is 54.5 Å². The third-order valence-electron chi connectivity index (χ3n) is 21.6. The summed E-state index contributed by atoms with van der Waals surface area (Å²) in [7, 11) is 0. The van der Waals surface area contributed by atoms with E-state index >= 15 is 0 Å². The van der Waals surface area contributed by atoms with Crippen molar-refractivity contribution in [3.8, 4) is 85.0 Å². The highest BCUT2D eigenvalue weighted by Gasteiger charge is 2.50. The van der Waals surface area contributed by atoms with E-state index in [9.17, 15) is 46.5 Å². The smallest absolute Gasteiger partial charge is 0.408 e. The number of allylic oxidation sites excluding steroid dienone is 1. The van der Waals surface area contributed by atoms with Crippen LogP contribution in [0.4, 0.5) is 36.3 Å². The Morgan fingerprint density at radius 3 is 0.968 bits per heavy atom. The van der Waals surface area contributed by atoms with Gasteiger partial charge in [-0.15, -0.1) is 0 Å². The summed E-state index contributed by atoms with van der Waals surface area (Å²) in [5, 5.41) is 30.9. The van der Waals surface area contributed by atoms with Gasteiger partial charge in [-0.25, -0.2) is 61.3 Å². The molecule has 31 heteroatoms. The Morgan fingerprint density at radius 2 is 0.683 bits per heavy atom. The molecule has 10 heterocycles. The molecule has 9 N–H and O–H groups in total. The third-order valence-corrected chi connectivity index (χ3v) is 22.2. The Bertz CT molecular complexity index is 5680. The molecule has 0 spiro atoms. The average molecular weight is 1790 g/mol. The Hall–Kier alpha value is -11.2. The minimum absolute atomic E-state index is 0.105. The molecule has 5 aromatic carbocycles. The number of benzene rings is 5. The monoisotopic (exact) mass is 1790 g/mol. The highest BCUT2D eigenvalue weighted by atomic mass is 35.5. The van der Waals surface area contributed by atoms with Crippen LogP contribution in [0.2, 0.25) is 15.5 Å². The molecule has 7 aliphatic rings.